The Kier molecular flexibility index (Phi) is 6.65. The number of halogens is 1. The Morgan fingerprint density at radius 1 is 1.50 bits per heavy atom. The first kappa shape index (κ1) is 17.1. The fourth-order valence-electron chi connectivity index (χ4n) is 1.81. The van der Waals surface area contributed by atoms with E-state index in [1.807, 2.05) is 13.2 Å². The number of thioether (sulfide) groups is 1. The highest BCUT2D eigenvalue weighted by molar-refractivity contribution is 7.98. The molecule has 0 aromatic heterocycles. The molecular weight excluding hydrogens is 296 g/mol. The van der Waals surface area contributed by atoms with E-state index in [1.165, 1.54) is 0 Å². The van der Waals surface area contributed by atoms with Crippen molar-refractivity contribution >= 4 is 29.4 Å². The monoisotopic (exact) mass is 316 g/mol. The Hall–Kier alpha value is -0.910. The van der Waals surface area contributed by atoms with E-state index in [9.17, 15) is 9.90 Å². The molecule has 0 aliphatic carbocycles. The molecule has 6 heteroatoms. The van der Waals surface area contributed by atoms with E-state index in [2.05, 4.69) is 10.6 Å². The van der Waals surface area contributed by atoms with E-state index >= 15 is 0 Å². The Bertz CT molecular complexity index is 455. The quantitative estimate of drug-likeness (QED) is 0.756. The maximum atomic E-state index is 11.7. The third-order valence-electron chi connectivity index (χ3n) is 2.84. The lowest BCUT2D eigenvalue weighted by molar-refractivity contribution is 0.0594. The second kappa shape index (κ2) is 7.76. The zero-order valence-electron chi connectivity index (χ0n) is 11.9. The van der Waals surface area contributed by atoms with Crippen LogP contribution in [0.5, 0.6) is 0 Å². The number of urea groups is 1. The van der Waals surface area contributed by atoms with Crippen LogP contribution in [-0.2, 0) is 5.60 Å². The van der Waals surface area contributed by atoms with Crippen LogP contribution in [0.25, 0.3) is 0 Å². The van der Waals surface area contributed by atoms with Crippen LogP contribution in [0, 0.1) is 0 Å². The van der Waals surface area contributed by atoms with Crippen molar-refractivity contribution in [2.24, 2.45) is 0 Å². The van der Waals surface area contributed by atoms with Crippen molar-refractivity contribution in [3.63, 3.8) is 0 Å². The summed E-state index contributed by atoms with van der Waals surface area (Å²) in [5.41, 5.74) is -0.613. The van der Waals surface area contributed by atoms with Gasteiger partial charge in [-0.05, 0) is 26.2 Å². The summed E-state index contributed by atoms with van der Waals surface area (Å²) in [6.45, 7) is 3.65. The zero-order valence-corrected chi connectivity index (χ0v) is 13.5. The second-order valence-electron chi connectivity index (χ2n) is 4.94. The average Bonchev–Trinajstić information content (AvgIpc) is 2.37. The number of hydrogen-bond donors (Lipinski definition) is 3. The minimum Gasteiger partial charge on any atom is -0.384 e. The van der Waals surface area contributed by atoms with Gasteiger partial charge in [-0.15, -0.1) is 0 Å². The number of hydrogen-bond acceptors (Lipinski definition) is 3. The van der Waals surface area contributed by atoms with Crippen LogP contribution in [0.4, 0.5) is 4.79 Å². The van der Waals surface area contributed by atoms with Crippen LogP contribution in [0.15, 0.2) is 24.3 Å². The number of nitrogens with one attached hydrogen (secondary N) is 2. The van der Waals surface area contributed by atoms with Crippen molar-refractivity contribution in [1.82, 2.24) is 10.6 Å². The average molecular weight is 317 g/mol. The highest BCUT2D eigenvalue weighted by Gasteiger charge is 2.26. The SMILES string of the molecule is CSC[C@@H](C)NC(=O)NC[C@](C)(O)c1ccccc1Cl. The number of rotatable bonds is 6. The first-order valence-corrected chi connectivity index (χ1v) is 8.14. The van der Waals surface area contributed by atoms with Crippen LogP contribution in [0.3, 0.4) is 0 Å². The Balaban J connectivity index is 2.55. The minimum absolute atomic E-state index is 0.0789. The molecule has 0 bridgehead atoms. The van der Waals surface area contributed by atoms with Crippen molar-refractivity contribution in [3.05, 3.63) is 34.9 Å². The van der Waals surface area contributed by atoms with Crippen molar-refractivity contribution in [2.45, 2.75) is 25.5 Å². The van der Waals surface area contributed by atoms with E-state index in [-0.39, 0.29) is 18.6 Å². The summed E-state index contributed by atoms with van der Waals surface area (Å²) < 4.78 is 0. The third-order valence-corrected chi connectivity index (χ3v) is 4.00. The number of benzene rings is 1. The maximum Gasteiger partial charge on any atom is 0.315 e. The van der Waals surface area contributed by atoms with Gasteiger partial charge in [-0.1, -0.05) is 29.8 Å². The van der Waals surface area contributed by atoms with E-state index in [1.54, 1.807) is 43.0 Å². The van der Waals surface area contributed by atoms with Gasteiger partial charge in [0, 0.05) is 22.4 Å². The first-order chi connectivity index (χ1) is 9.36. The van der Waals surface area contributed by atoms with Gasteiger partial charge in [0.2, 0.25) is 0 Å². The number of amides is 2. The summed E-state index contributed by atoms with van der Waals surface area (Å²) in [6.07, 6.45) is 1.98. The summed E-state index contributed by atoms with van der Waals surface area (Å²) in [5.74, 6) is 0.842. The van der Waals surface area contributed by atoms with Crippen LogP contribution in [-0.4, -0.2) is 35.7 Å². The molecule has 112 valence electrons. The van der Waals surface area contributed by atoms with Crippen LogP contribution in [0.1, 0.15) is 19.4 Å². The number of carbonyl (C=O) groups excluding carboxylic acids is 1. The predicted octanol–water partition coefficient (Wildman–Crippen LogP) is 2.60. The van der Waals surface area contributed by atoms with Gasteiger partial charge in [0.05, 0.1) is 6.54 Å². The molecule has 1 rings (SSSR count). The molecule has 0 aliphatic heterocycles. The molecule has 0 fully saturated rings. The Labute approximate surface area is 129 Å². The normalized spacial score (nSPS) is 15.2. The molecule has 0 saturated carbocycles. The highest BCUT2D eigenvalue weighted by atomic mass is 35.5. The Morgan fingerprint density at radius 2 is 2.15 bits per heavy atom. The van der Waals surface area contributed by atoms with Gasteiger partial charge in [0.25, 0.3) is 0 Å². The molecule has 2 amide bonds. The molecule has 1 aromatic rings. The molecule has 0 heterocycles. The fraction of sp³-hybridized carbons (Fsp3) is 0.500. The summed E-state index contributed by atoms with van der Waals surface area (Å²) in [4.78, 5) is 11.7. The van der Waals surface area contributed by atoms with E-state index < -0.39 is 5.60 Å². The van der Waals surface area contributed by atoms with Crippen molar-refractivity contribution in [2.75, 3.05) is 18.6 Å². The standard InChI is InChI=1S/C14H21ClN2O2S/c1-10(8-20-3)17-13(18)16-9-14(2,19)11-6-4-5-7-12(11)15/h4-7,10,19H,8-9H2,1-3H3,(H2,16,17,18)/t10-,14+/m1/s1. The number of carbonyl (C=O) groups is 1. The van der Waals surface area contributed by atoms with Gasteiger partial charge in [0.15, 0.2) is 0 Å². The molecule has 4 nitrogen and oxygen atoms in total. The summed E-state index contributed by atoms with van der Waals surface area (Å²) in [7, 11) is 0. The molecule has 2 atom stereocenters. The second-order valence-corrected chi connectivity index (χ2v) is 6.25. The lowest BCUT2D eigenvalue weighted by atomic mass is 9.96. The van der Waals surface area contributed by atoms with E-state index in [0.717, 1.165) is 5.75 Å². The van der Waals surface area contributed by atoms with E-state index in [4.69, 9.17) is 11.6 Å². The molecule has 20 heavy (non-hydrogen) atoms. The minimum atomic E-state index is -1.21. The molecule has 0 aliphatic rings. The highest BCUT2D eigenvalue weighted by Crippen LogP contribution is 2.27. The van der Waals surface area contributed by atoms with Gasteiger partial charge < -0.3 is 15.7 Å². The van der Waals surface area contributed by atoms with Gasteiger partial charge in [-0.3, -0.25) is 0 Å². The summed E-state index contributed by atoms with van der Waals surface area (Å²) in [6, 6.07) is 6.85. The van der Waals surface area contributed by atoms with Crippen LogP contribution < -0.4 is 10.6 Å². The van der Waals surface area contributed by atoms with Gasteiger partial charge in [-0.25, -0.2) is 4.79 Å². The molecule has 1 aromatic carbocycles. The Morgan fingerprint density at radius 3 is 2.75 bits per heavy atom. The molecule has 0 radical (unpaired) electrons. The molecule has 0 saturated heterocycles. The van der Waals surface area contributed by atoms with Crippen molar-refractivity contribution in [1.29, 1.82) is 0 Å². The van der Waals surface area contributed by atoms with Gasteiger partial charge in [0.1, 0.15) is 5.60 Å². The molecule has 3 N–H and O–H groups in total. The molecule has 0 spiro atoms. The van der Waals surface area contributed by atoms with Gasteiger partial charge in [-0.2, -0.15) is 11.8 Å². The van der Waals surface area contributed by atoms with Gasteiger partial charge >= 0.3 is 6.03 Å². The third kappa shape index (κ3) is 5.23. The van der Waals surface area contributed by atoms with Crippen LogP contribution in [0.2, 0.25) is 5.02 Å². The zero-order chi connectivity index (χ0) is 15.2. The predicted molar refractivity (Wildman–Crippen MR) is 85.4 cm³/mol. The van der Waals surface area contributed by atoms with Crippen molar-refractivity contribution < 1.29 is 9.90 Å². The lowest BCUT2D eigenvalue weighted by Crippen LogP contribution is -2.46. The smallest absolute Gasteiger partial charge is 0.315 e. The lowest BCUT2D eigenvalue weighted by Gasteiger charge is -2.25. The van der Waals surface area contributed by atoms with E-state index in [0.29, 0.717) is 10.6 Å². The summed E-state index contributed by atoms with van der Waals surface area (Å²) >= 11 is 7.72. The first-order valence-electron chi connectivity index (χ1n) is 6.37. The summed E-state index contributed by atoms with van der Waals surface area (Å²) in [5, 5.41) is 16.4. The van der Waals surface area contributed by atoms with Crippen molar-refractivity contribution in [3.8, 4) is 0 Å². The molecular formula is C14H21ClN2O2S. The fourth-order valence-corrected chi connectivity index (χ4v) is 2.73. The van der Waals surface area contributed by atoms with Crippen LogP contribution >= 0.6 is 23.4 Å². The topological polar surface area (TPSA) is 61.4 Å². The molecule has 0 unspecified atom stereocenters. The maximum absolute atomic E-state index is 11.7. The number of aliphatic hydroxyl groups is 1. The largest absolute Gasteiger partial charge is 0.384 e.